The second kappa shape index (κ2) is 10.7. The van der Waals surface area contributed by atoms with Crippen molar-refractivity contribution in [2.75, 3.05) is 13.7 Å². The van der Waals surface area contributed by atoms with Crippen LogP contribution in [0.3, 0.4) is 0 Å². The molecule has 0 aromatic heterocycles. The van der Waals surface area contributed by atoms with Crippen LogP contribution in [0, 0.1) is 0 Å². The van der Waals surface area contributed by atoms with E-state index in [4.69, 9.17) is 10.5 Å². The van der Waals surface area contributed by atoms with E-state index in [1.807, 2.05) is 60.7 Å². The number of benzene rings is 2. The van der Waals surface area contributed by atoms with Crippen molar-refractivity contribution in [2.45, 2.75) is 13.0 Å². The number of hydrogen-bond donors (Lipinski definition) is 2. The maximum atomic E-state index is 11.0. The van der Waals surface area contributed by atoms with Crippen molar-refractivity contribution in [1.82, 2.24) is 5.32 Å². The van der Waals surface area contributed by atoms with Gasteiger partial charge in [-0.1, -0.05) is 60.7 Å². The summed E-state index contributed by atoms with van der Waals surface area (Å²) in [5, 5.41) is 2.30. The van der Waals surface area contributed by atoms with Gasteiger partial charge in [0.15, 0.2) is 6.10 Å². The minimum atomic E-state index is -0.775. The van der Waals surface area contributed by atoms with Gasteiger partial charge in [0, 0.05) is 7.05 Å². The van der Waals surface area contributed by atoms with Crippen molar-refractivity contribution in [3.8, 4) is 0 Å². The number of hydrogen-bond acceptors (Lipinski definition) is 4. The van der Waals surface area contributed by atoms with Crippen LogP contribution >= 0.6 is 0 Å². The van der Waals surface area contributed by atoms with Crippen molar-refractivity contribution in [1.29, 1.82) is 0 Å². The third kappa shape index (κ3) is 6.83. The number of nitrogens with two attached hydrogens (primary N) is 1. The molecule has 6 heteroatoms. The Hall–Kier alpha value is -3.02. The smallest absolute Gasteiger partial charge is 0.406 e. The van der Waals surface area contributed by atoms with Crippen molar-refractivity contribution >= 4 is 12.2 Å². The minimum Gasteiger partial charge on any atom is -0.450 e. The predicted octanol–water partition coefficient (Wildman–Crippen LogP) is 3.23. The van der Waals surface area contributed by atoms with E-state index in [9.17, 15) is 9.59 Å². The summed E-state index contributed by atoms with van der Waals surface area (Å²) in [6.45, 7) is 2.19. The van der Waals surface area contributed by atoms with Crippen LogP contribution in [-0.4, -0.2) is 25.8 Å². The van der Waals surface area contributed by atoms with Gasteiger partial charge >= 0.3 is 12.2 Å². The average Bonchev–Trinajstić information content (AvgIpc) is 2.62. The Balaban J connectivity index is 0.000000351. The molecule has 0 atom stereocenters. The molecule has 2 amide bonds. The molecule has 2 rings (SSSR count). The van der Waals surface area contributed by atoms with E-state index in [-0.39, 0.29) is 6.09 Å². The van der Waals surface area contributed by atoms with Crippen LogP contribution in [-0.2, 0) is 9.47 Å². The Morgan fingerprint density at radius 1 is 1.00 bits per heavy atom. The number of ether oxygens (including phenoxy) is 2. The number of amides is 2. The molecule has 0 radical (unpaired) electrons. The highest BCUT2D eigenvalue weighted by atomic mass is 16.6. The van der Waals surface area contributed by atoms with E-state index in [0.717, 1.165) is 11.1 Å². The van der Waals surface area contributed by atoms with Crippen LogP contribution in [0.5, 0.6) is 0 Å². The molecule has 0 heterocycles. The molecule has 0 saturated carbocycles. The number of rotatable bonds is 4. The van der Waals surface area contributed by atoms with E-state index >= 15 is 0 Å². The monoisotopic (exact) mass is 330 g/mol. The molecule has 0 spiro atoms. The summed E-state index contributed by atoms with van der Waals surface area (Å²) in [4.78, 5) is 21.0. The van der Waals surface area contributed by atoms with E-state index in [1.54, 1.807) is 6.92 Å². The van der Waals surface area contributed by atoms with E-state index in [1.165, 1.54) is 7.05 Å². The Labute approximate surface area is 141 Å². The van der Waals surface area contributed by atoms with Crippen LogP contribution in [0.4, 0.5) is 9.59 Å². The van der Waals surface area contributed by atoms with E-state index < -0.39 is 12.2 Å². The predicted molar refractivity (Wildman–Crippen MR) is 91.5 cm³/mol. The molecular weight excluding hydrogens is 308 g/mol. The number of carbonyl (C=O) groups is 2. The summed E-state index contributed by atoms with van der Waals surface area (Å²) < 4.78 is 9.60. The summed E-state index contributed by atoms with van der Waals surface area (Å²) in [6.07, 6.45) is -1.60. The lowest BCUT2D eigenvalue weighted by Gasteiger charge is -2.17. The van der Waals surface area contributed by atoms with Crippen LogP contribution in [0.2, 0.25) is 0 Å². The normalized spacial score (nSPS) is 9.46. The van der Waals surface area contributed by atoms with Gasteiger partial charge < -0.3 is 20.5 Å². The summed E-state index contributed by atoms with van der Waals surface area (Å²) >= 11 is 0. The van der Waals surface area contributed by atoms with Gasteiger partial charge in [-0.15, -0.1) is 0 Å². The van der Waals surface area contributed by atoms with Crippen molar-refractivity contribution in [3.05, 3.63) is 71.8 Å². The maximum Gasteiger partial charge on any atom is 0.406 e. The van der Waals surface area contributed by atoms with Gasteiger partial charge in [-0.05, 0) is 18.1 Å². The molecule has 0 saturated heterocycles. The Kier molecular flexibility index (Phi) is 8.45. The van der Waals surface area contributed by atoms with Gasteiger partial charge in [-0.3, -0.25) is 0 Å². The van der Waals surface area contributed by atoms with E-state index in [0.29, 0.717) is 6.61 Å². The number of alkyl carbamates (subject to hydrolysis) is 1. The Morgan fingerprint density at radius 2 is 1.46 bits per heavy atom. The minimum absolute atomic E-state index is 0.373. The average molecular weight is 330 g/mol. The topological polar surface area (TPSA) is 90.6 Å². The highest BCUT2D eigenvalue weighted by Gasteiger charge is 2.16. The molecule has 128 valence electrons. The SMILES string of the molecule is CCOC(=O)NC.NC(=O)OC(c1ccccc1)c1ccccc1. The third-order valence-electron chi connectivity index (χ3n) is 2.92. The van der Waals surface area contributed by atoms with E-state index in [2.05, 4.69) is 10.1 Å². The summed E-state index contributed by atoms with van der Waals surface area (Å²) in [6, 6.07) is 19.0. The largest absolute Gasteiger partial charge is 0.450 e. The molecule has 0 fully saturated rings. The molecule has 0 bridgehead atoms. The van der Waals surface area contributed by atoms with Crippen molar-refractivity contribution in [2.24, 2.45) is 5.73 Å². The first kappa shape index (κ1) is 19.0. The zero-order chi connectivity index (χ0) is 17.8. The molecule has 0 aliphatic rings. The number of carbonyl (C=O) groups excluding carboxylic acids is 2. The molecule has 0 aliphatic heterocycles. The van der Waals surface area contributed by atoms with Crippen molar-refractivity contribution < 1.29 is 19.1 Å². The molecule has 2 aromatic rings. The maximum absolute atomic E-state index is 11.0. The van der Waals surface area contributed by atoms with Gasteiger partial charge in [0.1, 0.15) is 0 Å². The second-order valence-electron chi connectivity index (χ2n) is 4.61. The first-order valence-corrected chi connectivity index (χ1v) is 7.49. The molecule has 2 aromatic carbocycles. The van der Waals surface area contributed by atoms with Crippen LogP contribution in [0.1, 0.15) is 24.2 Å². The van der Waals surface area contributed by atoms with Gasteiger partial charge in [0.05, 0.1) is 6.61 Å². The summed E-state index contributed by atoms with van der Waals surface area (Å²) in [7, 11) is 1.53. The zero-order valence-electron chi connectivity index (χ0n) is 13.8. The quantitative estimate of drug-likeness (QED) is 0.900. The zero-order valence-corrected chi connectivity index (χ0v) is 13.8. The first-order chi connectivity index (χ1) is 11.6. The number of nitrogens with one attached hydrogen (secondary N) is 1. The lowest BCUT2D eigenvalue weighted by Crippen LogP contribution is -2.18. The Morgan fingerprint density at radius 3 is 1.75 bits per heavy atom. The standard InChI is InChI=1S/C14H13NO2.C4H9NO2/c15-14(16)17-13(11-7-3-1-4-8-11)12-9-5-2-6-10-12;1-3-7-4(6)5-2/h1-10,13H,(H2,15,16);3H2,1-2H3,(H,5,6). The highest BCUT2D eigenvalue weighted by molar-refractivity contribution is 5.66. The van der Waals surface area contributed by atoms with Gasteiger partial charge in [-0.25, -0.2) is 9.59 Å². The lowest BCUT2D eigenvalue weighted by atomic mass is 10.0. The van der Waals surface area contributed by atoms with Crippen LogP contribution in [0.25, 0.3) is 0 Å². The summed E-state index contributed by atoms with van der Waals surface area (Å²) in [5.41, 5.74) is 6.91. The van der Waals surface area contributed by atoms with Gasteiger partial charge in [0.2, 0.25) is 0 Å². The first-order valence-electron chi connectivity index (χ1n) is 7.49. The second-order valence-corrected chi connectivity index (χ2v) is 4.61. The summed E-state index contributed by atoms with van der Waals surface area (Å²) in [5.74, 6) is 0. The lowest BCUT2D eigenvalue weighted by molar-refractivity contribution is 0.126. The van der Waals surface area contributed by atoms with Gasteiger partial charge in [-0.2, -0.15) is 0 Å². The van der Waals surface area contributed by atoms with Crippen LogP contribution < -0.4 is 11.1 Å². The van der Waals surface area contributed by atoms with Crippen molar-refractivity contribution in [3.63, 3.8) is 0 Å². The fourth-order valence-corrected chi connectivity index (χ4v) is 1.90. The highest BCUT2D eigenvalue weighted by Crippen LogP contribution is 2.25. The molecular formula is C18H22N2O4. The third-order valence-corrected chi connectivity index (χ3v) is 2.92. The number of primary amides is 1. The Bertz CT molecular complexity index is 578. The molecule has 0 aliphatic carbocycles. The molecule has 24 heavy (non-hydrogen) atoms. The fourth-order valence-electron chi connectivity index (χ4n) is 1.90. The van der Waals surface area contributed by atoms with Crippen LogP contribution in [0.15, 0.2) is 60.7 Å². The molecule has 6 nitrogen and oxygen atoms in total. The fraction of sp³-hybridized carbons (Fsp3) is 0.222. The molecule has 3 N–H and O–H groups in total. The van der Waals surface area contributed by atoms with Gasteiger partial charge in [0.25, 0.3) is 0 Å². The molecule has 0 unspecified atom stereocenters.